The van der Waals surface area contributed by atoms with Gasteiger partial charge in [0.1, 0.15) is 0 Å². The van der Waals surface area contributed by atoms with Gasteiger partial charge in [0, 0.05) is 50.4 Å². The molecule has 0 radical (unpaired) electrons. The first kappa shape index (κ1) is 17.8. The molecule has 25 heavy (non-hydrogen) atoms. The fraction of sp³-hybridized carbons (Fsp3) is 0.600. The van der Waals surface area contributed by atoms with Gasteiger partial charge in [0.25, 0.3) is 5.91 Å². The number of carbonyl (C=O) groups excluding carboxylic acids is 2. The van der Waals surface area contributed by atoms with Gasteiger partial charge in [-0.3, -0.25) is 9.59 Å². The van der Waals surface area contributed by atoms with Crippen molar-refractivity contribution in [3.63, 3.8) is 0 Å². The second kappa shape index (κ2) is 7.89. The number of benzene rings is 1. The van der Waals surface area contributed by atoms with Gasteiger partial charge in [0.05, 0.1) is 0 Å². The van der Waals surface area contributed by atoms with Crippen molar-refractivity contribution in [3.05, 3.63) is 29.8 Å². The number of hydrogen-bond acceptors (Lipinski definition) is 3. The number of likely N-dealkylation sites (tertiary alicyclic amines) is 1. The maximum Gasteiger partial charge on any atom is 0.251 e. The number of carbonyl (C=O) groups is 2. The molecule has 1 aromatic carbocycles. The summed E-state index contributed by atoms with van der Waals surface area (Å²) in [5.74, 6) is 0.560. The predicted octanol–water partition coefficient (Wildman–Crippen LogP) is 2.66. The molecule has 1 aliphatic carbocycles. The minimum absolute atomic E-state index is 0.0238. The van der Waals surface area contributed by atoms with E-state index in [1.807, 2.05) is 48.2 Å². The third kappa shape index (κ3) is 4.33. The molecule has 136 valence electrons. The molecule has 2 fully saturated rings. The average Bonchev–Trinajstić information content (AvgIpc) is 3.16. The first-order valence-electron chi connectivity index (χ1n) is 9.41. The molecule has 2 amide bonds. The zero-order valence-electron chi connectivity index (χ0n) is 15.3. The van der Waals surface area contributed by atoms with Crippen molar-refractivity contribution < 1.29 is 9.59 Å². The highest BCUT2D eigenvalue weighted by molar-refractivity contribution is 5.95. The van der Waals surface area contributed by atoms with Gasteiger partial charge in [-0.1, -0.05) is 18.9 Å². The fourth-order valence-corrected chi connectivity index (χ4v) is 3.87. The van der Waals surface area contributed by atoms with E-state index in [-0.39, 0.29) is 17.9 Å². The van der Waals surface area contributed by atoms with E-state index in [0.717, 1.165) is 44.5 Å². The van der Waals surface area contributed by atoms with Crippen LogP contribution in [0, 0.1) is 5.92 Å². The second-order valence-corrected chi connectivity index (χ2v) is 7.50. The van der Waals surface area contributed by atoms with Crippen LogP contribution in [-0.2, 0) is 4.79 Å². The summed E-state index contributed by atoms with van der Waals surface area (Å²) in [6, 6.07) is 7.81. The smallest absolute Gasteiger partial charge is 0.251 e. The van der Waals surface area contributed by atoms with Gasteiger partial charge < -0.3 is 15.1 Å². The molecule has 0 spiro atoms. The molecule has 0 unspecified atom stereocenters. The Bertz CT molecular complexity index is 615. The number of hydrogen-bond donors (Lipinski definition) is 1. The summed E-state index contributed by atoms with van der Waals surface area (Å²) in [6.07, 6.45) is 6.18. The predicted molar refractivity (Wildman–Crippen MR) is 99.8 cm³/mol. The molecule has 2 aliphatic rings. The summed E-state index contributed by atoms with van der Waals surface area (Å²) in [5.41, 5.74) is 1.71. The molecule has 0 atom stereocenters. The van der Waals surface area contributed by atoms with Crippen LogP contribution in [0.4, 0.5) is 5.69 Å². The Labute approximate surface area is 150 Å². The summed E-state index contributed by atoms with van der Waals surface area (Å²) >= 11 is 0. The molecular weight excluding hydrogens is 314 g/mol. The highest BCUT2D eigenvalue weighted by Crippen LogP contribution is 2.27. The van der Waals surface area contributed by atoms with Gasteiger partial charge in [0.15, 0.2) is 0 Å². The number of anilines is 1. The van der Waals surface area contributed by atoms with E-state index in [9.17, 15) is 9.59 Å². The molecular formula is C20H29N3O2. The molecule has 3 rings (SSSR count). The van der Waals surface area contributed by atoms with Gasteiger partial charge in [-0.15, -0.1) is 0 Å². The number of nitrogens with one attached hydrogen (secondary N) is 1. The van der Waals surface area contributed by atoms with Crippen LogP contribution in [0.15, 0.2) is 24.3 Å². The van der Waals surface area contributed by atoms with Crippen molar-refractivity contribution in [2.24, 2.45) is 5.92 Å². The summed E-state index contributed by atoms with van der Waals surface area (Å²) in [6.45, 7) is 1.52. The van der Waals surface area contributed by atoms with Crippen molar-refractivity contribution in [1.82, 2.24) is 10.2 Å². The first-order valence-corrected chi connectivity index (χ1v) is 9.41. The topological polar surface area (TPSA) is 52.7 Å². The molecule has 1 saturated heterocycles. The van der Waals surface area contributed by atoms with E-state index in [4.69, 9.17) is 0 Å². The fourth-order valence-electron chi connectivity index (χ4n) is 3.87. The summed E-state index contributed by atoms with van der Waals surface area (Å²) in [5, 5.41) is 3.13. The van der Waals surface area contributed by atoms with E-state index >= 15 is 0 Å². The first-order chi connectivity index (χ1) is 12.0. The monoisotopic (exact) mass is 343 g/mol. The Morgan fingerprint density at radius 2 is 1.76 bits per heavy atom. The third-order valence-corrected chi connectivity index (χ3v) is 5.47. The number of piperidine rings is 1. The Morgan fingerprint density at radius 1 is 1.08 bits per heavy atom. The van der Waals surface area contributed by atoms with Crippen molar-refractivity contribution in [2.45, 2.75) is 44.6 Å². The van der Waals surface area contributed by atoms with Gasteiger partial charge in [-0.25, -0.2) is 0 Å². The summed E-state index contributed by atoms with van der Waals surface area (Å²) in [7, 11) is 3.93. The molecule has 1 heterocycles. The lowest BCUT2D eigenvalue weighted by Crippen LogP contribution is -2.47. The lowest BCUT2D eigenvalue weighted by atomic mass is 10.0. The van der Waals surface area contributed by atoms with Gasteiger partial charge >= 0.3 is 0 Å². The van der Waals surface area contributed by atoms with Crippen LogP contribution in [0.25, 0.3) is 0 Å². The Morgan fingerprint density at radius 3 is 2.40 bits per heavy atom. The third-order valence-electron chi connectivity index (χ3n) is 5.47. The molecule has 1 N–H and O–H groups in total. The second-order valence-electron chi connectivity index (χ2n) is 7.50. The SMILES string of the molecule is CN(C)c1cccc(C(=O)NC2CCN(C(=O)C3CCCC3)CC2)c1. The van der Waals surface area contributed by atoms with E-state index in [1.54, 1.807) is 0 Å². The quantitative estimate of drug-likeness (QED) is 0.914. The number of amides is 2. The Balaban J connectivity index is 1.51. The largest absolute Gasteiger partial charge is 0.378 e. The minimum Gasteiger partial charge on any atom is -0.378 e. The van der Waals surface area contributed by atoms with Crippen molar-refractivity contribution >= 4 is 17.5 Å². The maximum absolute atomic E-state index is 12.5. The van der Waals surface area contributed by atoms with Gasteiger partial charge in [-0.05, 0) is 43.9 Å². The van der Waals surface area contributed by atoms with Crippen LogP contribution >= 0.6 is 0 Å². The highest BCUT2D eigenvalue weighted by atomic mass is 16.2. The number of nitrogens with zero attached hydrogens (tertiary/aromatic N) is 2. The zero-order valence-corrected chi connectivity index (χ0v) is 15.3. The maximum atomic E-state index is 12.5. The van der Waals surface area contributed by atoms with Crippen LogP contribution in [0.1, 0.15) is 48.9 Å². The van der Waals surface area contributed by atoms with E-state index in [2.05, 4.69) is 5.32 Å². The molecule has 0 bridgehead atoms. The van der Waals surface area contributed by atoms with Crippen molar-refractivity contribution in [1.29, 1.82) is 0 Å². The van der Waals surface area contributed by atoms with Crippen LogP contribution < -0.4 is 10.2 Å². The van der Waals surface area contributed by atoms with Crippen LogP contribution in [-0.4, -0.2) is 49.9 Å². The zero-order chi connectivity index (χ0) is 17.8. The molecule has 5 heteroatoms. The standard InChI is InChI=1S/C20H29N3O2/c1-22(2)18-9-5-8-16(14-18)19(24)21-17-10-12-23(13-11-17)20(25)15-6-3-4-7-15/h5,8-9,14-15,17H,3-4,6-7,10-13H2,1-2H3,(H,21,24). The molecule has 5 nitrogen and oxygen atoms in total. The normalized spacial score (nSPS) is 19.0. The van der Waals surface area contributed by atoms with E-state index < -0.39 is 0 Å². The summed E-state index contributed by atoms with van der Waals surface area (Å²) < 4.78 is 0. The van der Waals surface area contributed by atoms with Crippen LogP contribution in [0.2, 0.25) is 0 Å². The summed E-state index contributed by atoms with van der Waals surface area (Å²) in [4.78, 5) is 29.0. The van der Waals surface area contributed by atoms with Crippen LogP contribution in [0.5, 0.6) is 0 Å². The van der Waals surface area contributed by atoms with Crippen LogP contribution in [0.3, 0.4) is 0 Å². The lowest BCUT2D eigenvalue weighted by molar-refractivity contribution is -0.136. The molecule has 0 aromatic heterocycles. The van der Waals surface area contributed by atoms with E-state index in [1.165, 1.54) is 12.8 Å². The highest BCUT2D eigenvalue weighted by Gasteiger charge is 2.30. The van der Waals surface area contributed by atoms with Crippen molar-refractivity contribution in [2.75, 3.05) is 32.1 Å². The minimum atomic E-state index is -0.0238. The van der Waals surface area contributed by atoms with Crippen molar-refractivity contribution in [3.8, 4) is 0 Å². The molecule has 1 aliphatic heterocycles. The Hall–Kier alpha value is -2.04. The van der Waals surface area contributed by atoms with Gasteiger partial charge in [-0.2, -0.15) is 0 Å². The van der Waals surface area contributed by atoms with Gasteiger partial charge in [0.2, 0.25) is 5.91 Å². The molecule has 1 saturated carbocycles. The van der Waals surface area contributed by atoms with E-state index in [0.29, 0.717) is 11.5 Å². The molecule has 1 aromatic rings. The average molecular weight is 343 g/mol. The lowest BCUT2D eigenvalue weighted by Gasteiger charge is -2.34. The Kier molecular flexibility index (Phi) is 5.61. The number of rotatable bonds is 4.